The molecule has 1 saturated heterocycles. The summed E-state index contributed by atoms with van der Waals surface area (Å²) < 4.78 is 31.2. The Bertz CT molecular complexity index is 662. The van der Waals surface area contributed by atoms with Gasteiger partial charge in [0.25, 0.3) is 0 Å². The highest BCUT2D eigenvalue weighted by molar-refractivity contribution is 7.89. The minimum absolute atomic E-state index is 0.00617. The van der Waals surface area contributed by atoms with Crippen LogP contribution in [0.15, 0.2) is 23.1 Å². The number of carbonyl (C=O) groups is 1. The summed E-state index contributed by atoms with van der Waals surface area (Å²) in [6.45, 7) is 2.14. The SMILES string of the molecule is COC(=O)C1CN(S(=O)(=O)c2cccc(Cl)c2Cl)CC1C. The van der Waals surface area contributed by atoms with Crippen LogP contribution in [-0.4, -0.2) is 38.9 Å². The standard InChI is InChI=1S/C13H15Cl2NO4S/c1-8-6-16(7-9(8)13(17)20-2)21(18,19)11-5-3-4-10(14)12(11)15/h3-5,8-9H,6-7H2,1-2H3. The zero-order valence-electron chi connectivity index (χ0n) is 11.5. The Morgan fingerprint density at radius 1 is 1.33 bits per heavy atom. The van der Waals surface area contributed by atoms with Gasteiger partial charge in [-0.3, -0.25) is 4.79 Å². The van der Waals surface area contributed by atoms with E-state index in [1.165, 1.54) is 29.6 Å². The number of carbonyl (C=O) groups excluding carboxylic acids is 1. The summed E-state index contributed by atoms with van der Waals surface area (Å²) in [7, 11) is -2.50. The summed E-state index contributed by atoms with van der Waals surface area (Å²) in [5.41, 5.74) is 0. The number of nitrogens with zero attached hydrogens (tertiary/aromatic N) is 1. The van der Waals surface area contributed by atoms with E-state index in [0.717, 1.165) is 0 Å². The van der Waals surface area contributed by atoms with E-state index in [4.69, 9.17) is 27.9 Å². The van der Waals surface area contributed by atoms with Gasteiger partial charge in [-0.25, -0.2) is 8.42 Å². The van der Waals surface area contributed by atoms with E-state index < -0.39 is 21.9 Å². The predicted octanol–water partition coefficient (Wildman–Crippen LogP) is 2.42. The second-order valence-electron chi connectivity index (χ2n) is 4.98. The fraction of sp³-hybridized carbons (Fsp3) is 0.462. The second-order valence-corrected chi connectivity index (χ2v) is 7.67. The smallest absolute Gasteiger partial charge is 0.310 e. The molecule has 1 aromatic rings. The number of sulfonamides is 1. The molecule has 0 aromatic heterocycles. The van der Waals surface area contributed by atoms with Crippen molar-refractivity contribution >= 4 is 39.2 Å². The van der Waals surface area contributed by atoms with Gasteiger partial charge in [-0.1, -0.05) is 36.2 Å². The van der Waals surface area contributed by atoms with Crippen LogP contribution in [0.2, 0.25) is 10.0 Å². The Balaban J connectivity index is 2.34. The molecular weight excluding hydrogens is 337 g/mol. The first-order valence-corrected chi connectivity index (χ1v) is 8.50. The Morgan fingerprint density at radius 3 is 2.62 bits per heavy atom. The Hall–Kier alpha value is -0.820. The molecule has 1 aliphatic heterocycles. The van der Waals surface area contributed by atoms with Crippen molar-refractivity contribution in [1.29, 1.82) is 0 Å². The van der Waals surface area contributed by atoms with Gasteiger partial charge in [0.15, 0.2) is 0 Å². The van der Waals surface area contributed by atoms with Crippen molar-refractivity contribution in [3.63, 3.8) is 0 Å². The van der Waals surface area contributed by atoms with E-state index in [-0.39, 0.29) is 33.9 Å². The van der Waals surface area contributed by atoms with Gasteiger partial charge in [0, 0.05) is 13.1 Å². The zero-order chi connectivity index (χ0) is 15.8. The summed E-state index contributed by atoms with van der Waals surface area (Å²) >= 11 is 11.9. The molecule has 1 fully saturated rings. The molecule has 0 aliphatic carbocycles. The first kappa shape index (κ1) is 16.5. The lowest BCUT2D eigenvalue weighted by molar-refractivity contribution is -0.145. The van der Waals surface area contributed by atoms with Gasteiger partial charge in [-0.2, -0.15) is 4.31 Å². The lowest BCUT2D eigenvalue weighted by Gasteiger charge is -2.17. The zero-order valence-corrected chi connectivity index (χ0v) is 13.9. The van der Waals surface area contributed by atoms with Crippen molar-refractivity contribution in [3.8, 4) is 0 Å². The molecule has 1 heterocycles. The summed E-state index contributed by atoms with van der Waals surface area (Å²) in [5.74, 6) is -0.995. The first-order chi connectivity index (χ1) is 9.78. The number of hydrogen-bond acceptors (Lipinski definition) is 4. The molecule has 116 valence electrons. The van der Waals surface area contributed by atoms with Crippen LogP contribution in [0, 0.1) is 11.8 Å². The van der Waals surface area contributed by atoms with Crippen LogP contribution >= 0.6 is 23.2 Å². The van der Waals surface area contributed by atoms with Crippen LogP contribution in [0.25, 0.3) is 0 Å². The van der Waals surface area contributed by atoms with Crippen LogP contribution in [-0.2, 0) is 19.6 Å². The lowest BCUT2D eigenvalue weighted by atomic mass is 9.99. The van der Waals surface area contributed by atoms with Crippen molar-refractivity contribution in [3.05, 3.63) is 28.2 Å². The Labute approximate surface area is 133 Å². The molecule has 0 bridgehead atoms. The highest BCUT2D eigenvalue weighted by atomic mass is 35.5. The molecule has 21 heavy (non-hydrogen) atoms. The van der Waals surface area contributed by atoms with Crippen LogP contribution in [0.3, 0.4) is 0 Å². The van der Waals surface area contributed by atoms with Crippen LogP contribution < -0.4 is 0 Å². The number of hydrogen-bond donors (Lipinski definition) is 0. The first-order valence-electron chi connectivity index (χ1n) is 6.31. The van der Waals surface area contributed by atoms with Gasteiger partial charge >= 0.3 is 5.97 Å². The molecular formula is C13H15Cl2NO4S. The van der Waals surface area contributed by atoms with E-state index in [2.05, 4.69) is 0 Å². The van der Waals surface area contributed by atoms with Gasteiger partial charge in [0.05, 0.1) is 23.1 Å². The maximum absolute atomic E-state index is 12.6. The summed E-state index contributed by atoms with van der Waals surface area (Å²) in [4.78, 5) is 11.6. The second kappa shape index (κ2) is 6.12. The predicted molar refractivity (Wildman–Crippen MR) is 79.9 cm³/mol. The molecule has 0 radical (unpaired) electrons. The lowest BCUT2D eigenvalue weighted by Crippen LogP contribution is -2.30. The molecule has 2 unspecified atom stereocenters. The third-order valence-corrected chi connectivity index (χ3v) is 6.42. The van der Waals surface area contributed by atoms with E-state index in [1.807, 2.05) is 6.92 Å². The minimum Gasteiger partial charge on any atom is -0.469 e. The number of esters is 1. The number of rotatable bonds is 3. The maximum Gasteiger partial charge on any atom is 0.310 e. The van der Waals surface area contributed by atoms with Gasteiger partial charge in [0.1, 0.15) is 4.90 Å². The van der Waals surface area contributed by atoms with E-state index >= 15 is 0 Å². The quantitative estimate of drug-likeness (QED) is 0.784. The molecule has 2 atom stereocenters. The molecule has 0 saturated carbocycles. The van der Waals surface area contributed by atoms with Crippen molar-refractivity contribution in [2.24, 2.45) is 11.8 Å². The van der Waals surface area contributed by atoms with E-state index in [0.29, 0.717) is 0 Å². The molecule has 1 aromatic carbocycles. The topological polar surface area (TPSA) is 63.7 Å². The molecule has 0 N–H and O–H groups in total. The van der Waals surface area contributed by atoms with Crippen LogP contribution in [0.5, 0.6) is 0 Å². The maximum atomic E-state index is 12.6. The third kappa shape index (κ3) is 3.04. The average molecular weight is 352 g/mol. The summed E-state index contributed by atoms with van der Waals surface area (Å²) in [6.07, 6.45) is 0. The van der Waals surface area contributed by atoms with Crippen LogP contribution in [0.4, 0.5) is 0 Å². The molecule has 1 aliphatic rings. The van der Waals surface area contributed by atoms with Crippen molar-refractivity contribution in [2.45, 2.75) is 11.8 Å². The highest BCUT2D eigenvalue weighted by Gasteiger charge is 2.41. The number of benzene rings is 1. The molecule has 2 rings (SSSR count). The molecule has 0 amide bonds. The highest BCUT2D eigenvalue weighted by Crippen LogP contribution is 2.34. The van der Waals surface area contributed by atoms with Crippen molar-refractivity contribution in [2.75, 3.05) is 20.2 Å². The van der Waals surface area contributed by atoms with Crippen molar-refractivity contribution < 1.29 is 17.9 Å². The summed E-state index contributed by atoms with van der Waals surface area (Å²) in [6, 6.07) is 4.45. The van der Waals surface area contributed by atoms with Gasteiger partial charge in [0.2, 0.25) is 10.0 Å². The molecule has 0 spiro atoms. The normalized spacial score (nSPS) is 23.2. The fourth-order valence-electron chi connectivity index (χ4n) is 2.40. The number of halogens is 2. The van der Waals surface area contributed by atoms with Crippen molar-refractivity contribution in [1.82, 2.24) is 4.31 Å². The number of methoxy groups -OCH3 is 1. The molecule has 5 nitrogen and oxygen atoms in total. The average Bonchev–Trinajstić information content (AvgIpc) is 2.83. The van der Waals surface area contributed by atoms with Gasteiger partial charge in [-0.15, -0.1) is 0 Å². The van der Waals surface area contributed by atoms with E-state index in [9.17, 15) is 13.2 Å². The van der Waals surface area contributed by atoms with E-state index in [1.54, 1.807) is 0 Å². The summed E-state index contributed by atoms with van der Waals surface area (Å²) in [5, 5.41) is 0.169. The largest absolute Gasteiger partial charge is 0.469 e. The Kier molecular flexibility index (Phi) is 4.82. The van der Waals surface area contributed by atoms with Gasteiger partial charge < -0.3 is 4.74 Å². The Morgan fingerprint density at radius 2 is 2.00 bits per heavy atom. The monoisotopic (exact) mass is 351 g/mol. The minimum atomic E-state index is -3.79. The third-order valence-electron chi connectivity index (χ3n) is 3.62. The van der Waals surface area contributed by atoms with Crippen LogP contribution in [0.1, 0.15) is 6.92 Å². The fourth-order valence-corrected chi connectivity index (χ4v) is 4.70. The number of ether oxygens (including phenoxy) is 1. The van der Waals surface area contributed by atoms with Gasteiger partial charge in [-0.05, 0) is 18.1 Å². The molecule has 8 heteroatoms.